The Bertz CT molecular complexity index is 479. The molecule has 0 radical (unpaired) electrons. The Morgan fingerprint density at radius 1 is 1.50 bits per heavy atom. The van der Waals surface area contributed by atoms with Crippen LogP contribution in [0.3, 0.4) is 0 Å². The minimum atomic E-state index is -2.66. The van der Waals surface area contributed by atoms with Gasteiger partial charge in [-0.3, -0.25) is 4.90 Å². The van der Waals surface area contributed by atoms with Gasteiger partial charge in [-0.05, 0) is 23.8 Å². The molecule has 0 spiro atoms. The summed E-state index contributed by atoms with van der Waals surface area (Å²) in [6.45, 7) is 0.216. The smallest absolute Gasteiger partial charge is 0.336 e. The number of carboxylic acid groups (broad SMARTS) is 1. The summed E-state index contributed by atoms with van der Waals surface area (Å²) in [7, 11) is 0. The van der Waals surface area contributed by atoms with E-state index in [-0.39, 0.29) is 25.1 Å². The van der Waals surface area contributed by atoms with Crippen molar-refractivity contribution in [1.82, 2.24) is 4.90 Å². The first-order chi connectivity index (χ1) is 8.37. The summed E-state index contributed by atoms with van der Waals surface area (Å²) >= 11 is 3.26. The molecule has 1 aromatic carbocycles. The van der Waals surface area contributed by atoms with E-state index >= 15 is 0 Å². The topological polar surface area (TPSA) is 40.5 Å². The van der Waals surface area contributed by atoms with Crippen LogP contribution in [0, 0.1) is 0 Å². The van der Waals surface area contributed by atoms with Crippen LogP contribution in [0.4, 0.5) is 8.78 Å². The molecule has 1 heterocycles. The Kier molecular flexibility index (Phi) is 3.68. The number of carboxylic acids is 1. The lowest BCUT2D eigenvalue weighted by molar-refractivity contribution is 0.0115. The minimum Gasteiger partial charge on any atom is -0.478 e. The van der Waals surface area contributed by atoms with Gasteiger partial charge in [0.1, 0.15) is 0 Å². The zero-order valence-corrected chi connectivity index (χ0v) is 11.1. The third kappa shape index (κ3) is 3.05. The molecule has 0 unspecified atom stereocenters. The lowest BCUT2D eigenvalue weighted by Gasteiger charge is -2.17. The average Bonchev–Trinajstić information content (AvgIpc) is 2.57. The molecule has 6 heteroatoms. The second-order valence-corrected chi connectivity index (χ2v) is 5.34. The normalized spacial score (nSPS) is 19.1. The van der Waals surface area contributed by atoms with Gasteiger partial charge in [-0.1, -0.05) is 15.9 Å². The maximum Gasteiger partial charge on any atom is 0.336 e. The molecule has 1 aliphatic rings. The summed E-state index contributed by atoms with van der Waals surface area (Å²) in [6.07, 6.45) is -0.163. The van der Waals surface area contributed by atoms with E-state index in [1.54, 1.807) is 17.0 Å². The van der Waals surface area contributed by atoms with E-state index < -0.39 is 11.9 Å². The third-order valence-electron chi connectivity index (χ3n) is 2.94. The van der Waals surface area contributed by atoms with Crippen LogP contribution < -0.4 is 0 Å². The summed E-state index contributed by atoms with van der Waals surface area (Å²) in [5, 5.41) is 9.05. The van der Waals surface area contributed by atoms with Gasteiger partial charge in [-0.15, -0.1) is 0 Å². The summed E-state index contributed by atoms with van der Waals surface area (Å²) in [5.74, 6) is -3.70. The fourth-order valence-electron chi connectivity index (χ4n) is 2.08. The standard InChI is InChI=1S/C12H12BrF2NO2/c13-9-1-2-10(11(17)18)8(5-9)6-16-4-3-12(14,15)7-16/h1-2,5H,3-4,6-7H2,(H,17,18). The first-order valence-corrected chi connectivity index (χ1v) is 6.29. The highest BCUT2D eigenvalue weighted by molar-refractivity contribution is 9.10. The van der Waals surface area contributed by atoms with Crippen molar-refractivity contribution in [3.05, 3.63) is 33.8 Å². The fraction of sp³-hybridized carbons (Fsp3) is 0.417. The summed E-state index contributed by atoms with van der Waals surface area (Å²) in [6, 6.07) is 4.78. The number of benzene rings is 1. The van der Waals surface area contributed by atoms with Crippen LogP contribution in [0.15, 0.2) is 22.7 Å². The van der Waals surface area contributed by atoms with Crippen LogP contribution in [-0.4, -0.2) is 35.0 Å². The summed E-state index contributed by atoms with van der Waals surface area (Å²) in [4.78, 5) is 12.6. The number of halogens is 3. The number of hydrogen-bond donors (Lipinski definition) is 1. The SMILES string of the molecule is O=C(O)c1ccc(Br)cc1CN1CCC(F)(F)C1. The maximum atomic E-state index is 13.1. The zero-order chi connectivity index (χ0) is 13.3. The highest BCUT2D eigenvalue weighted by atomic mass is 79.9. The van der Waals surface area contributed by atoms with Crippen molar-refractivity contribution >= 4 is 21.9 Å². The number of carbonyl (C=O) groups is 1. The van der Waals surface area contributed by atoms with Crippen molar-refractivity contribution in [2.24, 2.45) is 0 Å². The monoisotopic (exact) mass is 319 g/mol. The molecule has 0 saturated carbocycles. The molecule has 0 aromatic heterocycles. The Balaban J connectivity index is 2.18. The quantitative estimate of drug-likeness (QED) is 0.931. The number of likely N-dealkylation sites (tertiary alicyclic amines) is 1. The first kappa shape index (κ1) is 13.4. The summed E-state index contributed by atoms with van der Waals surface area (Å²) < 4.78 is 26.9. The molecular weight excluding hydrogens is 308 g/mol. The van der Waals surface area contributed by atoms with Crippen molar-refractivity contribution in [2.75, 3.05) is 13.1 Å². The second-order valence-electron chi connectivity index (χ2n) is 4.42. The summed E-state index contributed by atoms with van der Waals surface area (Å²) in [5.41, 5.74) is 0.711. The van der Waals surface area contributed by atoms with E-state index in [2.05, 4.69) is 15.9 Å². The zero-order valence-electron chi connectivity index (χ0n) is 9.50. The number of hydrogen-bond acceptors (Lipinski definition) is 2. The van der Waals surface area contributed by atoms with Crippen molar-refractivity contribution in [2.45, 2.75) is 18.9 Å². The van der Waals surface area contributed by atoms with E-state index in [1.807, 2.05) is 0 Å². The molecule has 2 rings (SSSR count). The Morgan fingerprint density at radius 3 is 2.78 bits per heavy atom. The maximum absolute atomic E-state index is 13.1. The fourth-order valence-corrected chi connectivity index (χ4v) is 2.49. The van der Waals surface area contributed by atoms with Crippen LogP contribution in [0.25, 0.3) is 0 Å². The average molecular weight is 320 g/mol. The van der Waals surface area contributed by atoms with Crippen molar-refractivity contribution in [3.8, 4) is 0 Å². The van der Waals surface area contributed by atoms with Crippen molar-refractivity contribution in [3.63, 3.8) is 0 Å². The first-order valence-electron chi connectivity index (χ1n) is 5.49. The molecule has 0 atom stereocenters. The predicted molar refractivity (Wildman–Crippen MR) is 65.9 cm³/mol. The van der Waals surface area contributed by atoms with Gasteiger partial charge in [0.25, 0.3) is 5.92 Å². The van der Waals surface area contributed by atoms with Crippen LogP contribution in [0.1, 0.15) is 22.3 Å². The number of alkyl halides is 2. The van der Waals surface area contributed by atoms with Crippen molar-refractivity contribution < 1.29 is 18.7 Å². The molecule has 3 nitrogen and oxygen atoms in total. The number of rotatable bonds is 3. The molecule has 98 valence electrons. The largest absolute Gasteiger partial charge is 0.478 e. The van der Waals surface area contributed by atoms with E-state index in [0.29, 0.717) is 12.1 Å². The van der Waals surface area contributed by atoms with E-state index in [4.69, 9.17) is 5.11 Å². The van der Waals surface area contributed by atoms with Crippen LogP contribution in [0.2, 0.25) is 0 Å². The lowest BCUT2D eigenvalue weighted by Crippen LogP contribution is -2.25. The molecule has 1 N–H and O–H groups in total. The molecule has 1 aromatic rings. The molecule has 18 heavy (non-hydrogen) atoms. The third-order valence-corrected chi connectivity index (χ3v) is 3.43. The van der Waals surface area contributed by atoms with Gasteiger partial charge in [-0.2, -0.15) is 0 Å². The molecule has 1 saturated heterocycles. The second kappa shape index (κ2) is 4.93. The van der Waals surface area contributed by atoms with E-state index in [9.17, 15) is 13.6 Å². The molecule has 0 aliphatic carbocycles. The van der Waals surface area contributed by atoms with Gasteiger partial charge in [0.05, 0.1) is 12.1 Å². The van der Waals surface area contributed by atoms with Crippen molar-refractivity contribution in [1.29, 1.82) is 0 Å². The lowest BCUT2D eigenvalue weighted by atomic mass is 10.1. The van der Waals surface area contributed by atoms with Gasteiger partial charge in [-0.25, -0.2) is 13.6 Å². The number of nitrogens with zero attached hydrogens (tertiary/aromatic N) is 1. The molecule has 0 amide bonds. The van der Waals surface area contributed by atoms with E-state index in [0.717, 1.165) is 4.47 Å². The van der Waals surface area contributed by atoms with Gasteiger partial charge in [0.2, 0.25) is 0 Å². The van der Waals surface area contributed by atoms with Crippen LogP contribution in [-0.2, 0) is 6.54 Å². The van der Waals surface area contributed by atoms with Crippen LogP contribution >= 0.6 is 15.9 Å². The molecule has 0 bridgehead atoms. The molecule has 1 aliphatic heterocycles. The van der Waals surface area contributed by atoms with Crippen LogP contribution in [0.5, 0.6) is 0 Å². The number of aromatic carboxylic acids is 1. The highest BCUT2D eigenvalue weighted by Gasteiger charge is 2.38. The van der Waals surface area contributed by atoms with Gasteiger partial charge in [0, 0.05) is 24.0 Å². The van der Waals surface area contributed by atoms with Gasteiger partial charge in [0.15, 0.2) is 0 Å². The molecule has 1 fully saturated rings. The van der Waals surface area contributed by atoms with E-state index in [1.165, 1.54) is 6.07 Å². The van der Waals surface area contributed by atoms with Gasteiger partial charge < -0.3 is 5.11 Å². The Morgan fingerprint density at radius 2 is 2.22 bits per heavy atom. The Labute approximate surface area is 112 Å². The minimum absolute atomic E-state index is 0.161. The molecular formula is C12H12BrF2NO2. The Hall–Kier alpha value is -1.01. The highest BCUT2D eigenvalue weighted by Crippen LogP contribution is 2.29. The van der Waals surface area contributed by atoms with Gasteiger partial charge >= 0.3 is 5.97 Å². The predicted octanol–water partition coefficient (Wildman–Crippen LogP) is 2.99.